The number of nitrogens with one attached hydrogen (secondary N) is 1. The molecule has 0 spiro atoms. The predicted octanol–water partition coefficient (Wildman–Crippen LogP) is 4.37. The zero-order valence-electron chi connectivity index (χ0n) is 13.6. The fourth-order valence-electron chi connectivity index (χ4n) is 2.04. The monoisotopic (exact) mass is 353 g/mol. The van der Waals surface area contributed by atoms with Crippen LogP contribution < -0.4 is 10.1 Å². The Bertz CT molecular complexity index is 699. The van der Waals surface area contributed by atoms with Crippen molar-refractivity contribution in [3.05, 3.63) is 59.7 Å². The summed E-state index contributed by atoms with van der Waals surface area (Å²) >= 11 is 0. The molecule has 0 atom stereocenters. The highest BCUT2D eigenvalue weighted by atomic mass is 19.4. The third-order valence-electron chi connectivity index (χ3n) is 3.26. The van der Waals surface area contributed by atoms with Gasteiger partial charge in [-0.25, -0.2) is 0 Å². The maximum absolute atomic E-state index is 12.7. The average Bonchev–Trinajstić information content (AvgIpc) is 2.59. The molecule has 1 N–H and O–H groups in total. The van der Waals surface area contributed by atoms with Crippen LogP contribution >= 0.6 is 0 Å². The van der Waals surface area contributed by atoms with Crippen molar-refractivity contribution >= 4 is 11.6 Å². The number of carbonyl (C=O) groups is 1. The lowest BCUT2D eigenvalue weighted by Gasteiger charge is -2.10. The fourth-order valence-corrected chi connectivity index (χ4v) is 2.04. The van der Waals surface area contributed by atoms with Crippen molar-refractivity contribution < 1.29 is 27.4 Å². The van der Waals surface area contributed by atoms with Crippen LogP contribution in [-0.4, -0.2) is 25.7 Å². The highest BCUT2D eigenvalue weighted by Gasteiger charge is 2.30. The average molecular weight is 353 g/mol. The minimum absolute atomic E-state index is 0.0804. The van der Waals surface area contributed by atoms with Gasteiger partial charge >= 0.3 is 6.18 Å². The number of halogens is 3. The van der Waals surface area contributed by atoms with Crippen molar-refractivity contribution in [1.82, 2.24) is 0 Å². The summed E-state index contributed by atoms with van der Waals surface area (Å²) in [6, 6.07) is 10.8. The molecule has 7 heteroatoms. The number of anilines is 1. The molecule has 0 heterocycles. The third-order valence-corrected chi connectivity index (χ3v) is 3.26. The lowest BCUT2D eigenvalue weighted by Crippen LogP contribution is -2.13. The Morgan fingerprint density at radius 1 is 1.08 bits per heavy atom. The zero-order chi connectivity index (χ0) is 18.3. The second-order valence-electron chi connectivity index (χ2n) is 5.10. The van der Waals surface area contributed by atoms with Crippen molar-refractivity contribution in [3.8, 4) is 5.75 Å². The molecule has 0 bridgehead atoms. The van der Waals surface area contributed by atoms with E-state index in [1.165, 1.54) is 12.1 Å². The Kier molecular flexibility index (Phi) is 6.41. The highest BCUT2D eigenvalue weighted by Crippen LogP contribution is 2.30. The molecule has 0 aliphatic carbocycles. The number of rotatable bonds is 7. The predicted molar refractivity (Wildman–Crippen MR) is 87.8 cm³/mol. The normalized spacial score (nSPS) is 11.2. The molecule has 0 aromatic heterocycles. The van der Waals surface area contributed by atoms with Gasteiger partial charge in [-0.2, -0.15) is 13.2 Å². The summed E-state index contributed by atoms with van der Waals surface area (Å²) in [4.78, 5) is 12.1. The summed E-state index contributed by atoms with van der Waals surface area (Å²) in [6.45, 7) is 3.35. The summed E-state index contributed by atoms with van der Waals surface area (Å²) in [5.41, 5.74) is -0.421. The van der Waals surface area contributed by atoms with Crippen molar-refractivity contribution in [2.75, 3.05) is 25.1 Å². The van der Waals surface area contributed by atoms with Crippen molar-refractivity contribution in [1.29, 1.82) is 0 Å². The van der Waals surface area contributed by atoms with E-state index in [-0.39, 0.29) is 5.69 Å². The maximum Gasteiger partial charge on any atom is 0.416 e. The number of hydrogen-bond donors (Lipinski definition) is 1. The van der Waals surface area contributed by atoms with E-state index in [9.17, 15) is 18.0 Å². The topological polar surface area (TPSA) is 47.6 Å². The van der Waals surface area contributed by atoms with E-state index in [0.29, 0.717) is 31.1 Å². The second kappa shape index (κ2) is 8.53. The highest BCUT2D eigenvalue weighted by molar-refractivity contribution is 6.04. The molecule has 2 aromatic carbocycles. The molecule has 0 saturated carbocycles. The molecular formula is C18H18F3NO3. The molecular weight excluding hydrogens is 335 g/mol. The van der Waals surface area contributed by atoms with Gasteiger partial charge in [0.25, 0.3) is 5.91 Å². The van der Waals surface area contributed by atoms with E-state index in [4.69, 9.17) is 9.47 Å². The zero-order valence-corrected chi connectivity index (χ0v) is 13.6. The number of benzene rings is 2. The lowest BCUT2D eigenvalue weighted by atomic mass is 10.1. The SMILES string of the molecule is CCOCCOc1ccc(C(=O)Nc2cccc(C(F)(F)F)c2)cc1. The van der Waals surface area contributed by atoms with Crippen molar-refractivity contribution in [2.45, 2.75) is 13.1 Å². The first kappa shape index (κ1) is 18.8. The van der Waals surface area contributed by atoms with E-state index in [1.807, 2.05) is 6.92 Å². The number of ether oxygens (including phenoxy) is 2. The summed E-state index contributed by atoms with van der Waals surface area (Å²) in [5.74, 6) is 0.0792. The van der Waals surface area contributed by atoms with Gasteiger partial charge in [-0.15, -0.1) is 0 Å². The summed E-state index contributed by atoms with van der Waals surface area (Å²) in [7, 11) is 0. The Balaban J connectivity index is 1.97. The third kappa shape index (κ3) is 5.79. The molecule has 134 valence electrons. The van der Waals surface area contributed by atoms with E-state index in [2.05, 4.69) is 5.32 Å². The first-order valence-electron chi connectivity index (χ1n) is 7.69. The molecule has 0 aliphatic heterocycles. The summed E-state index contributed by atoms with van der Waals surface area (Å²) < 4.78 is 48.6. The van der Waals surface area contributed by atoms with Gasteiger partial charge in [0.15, 0.2) is 0 Å². The van der Waals surface area contributed by atoms with Crippen LogP contribution in [0.3, 0.4) is 0 Å². The molecule has 0 unspecified atom stereocenters. The molecule has 0 saturated heterocycles. The molecule has 0 aliphatic rings. The number of alkyl halides is 3. The van der Waals surface area contributed by atoms with Crippen LogP contribution in [0.2, 0.25) is 0 Å². The minimum atomic E-state index is -4.46. The van der Waals surface area contributed by atoms with Gasteiger partial charge in [0.05, 0.1) is 12.2 Å². The van der Waals surface area contributed by atoms with Gasteiger partial charge in [0.1, 0.15) is 12.4 Å². The molecule has 0 radical (unpaired) electrons. The standard InChI is InChI=1S/C18H18F3NO3/c1-2-24-10-11-25-16-8-6-13(7-9-16)17(23)22-15-5-3-4-14(12-15)18(19,20)21/h3-9,12H,2,10-11H2,1H3,(H,22,23). The Morgan fingerprint density at radius 3 is 2.44 bits per heavy atom. The summed E-state index contributed by atoms with van der Waals surface area (Å²) in [6.07, 6.45) is -4.46. The van der Waals surface area contributed by atoms with Crippen LogP contribution in [0, 0.1) is 0 Å². The minimum Gasteiger partial charge on any atom is -0.491 e. The van der Waals surface area contributed by atoms with Crippen LogP contribution in [0.4, 0.5) is 18.9 Å². The Morgan fingerprint density at radius 2 is 1.80 bits per heavy atom. The second-order valence-corrected chi connectivity index (χ2v) is 5.10. The van der Waals surface area contributed by atoms with E-state index in [1.54, 1.807) is 24.3 Å². The van der Waals surface area contributed by atoms with Crippen LogP contribution in [0.1, 0.15) is 22.8 Å². The van der Waals surface area contributed by atoms with E-state index in [0.717, 1.165) is 12.1 Å². The van der Waals surface area contributed by atoms with Crippen LogP contribution in [0.5, 0.6) is 5.75 Å². The molecule has 2 aromatic rings. The number of amides is 1. The van der Waals surface area contributed by atoms with Gasteiger partial charge in [-0.05, 0) is 49.4 Å². The van der Waals surface area contributed by atoms with Crippen LogP contribution in [0.25, 0.3) is 0 Å². The van der Waals surface area contributed by atoms with Crippen LogP contribution in [0.15, 0.2) is 48.5 Å². The molecule has 0 fully saturated rings. The van der Waals surface area contributed by atoms with Gasteiger partial charge in [-0.1, -0.05) is 6.07 Å². The maximum atomic E-state index is 12.7. The molecule has 4 nitrogen and oxygen atoms in total. The largest absolute Gasteiger partial charge is 0.491 e. The first-order valence-corrected chi connectivity index (χ1v) is 7.69. The fraction of sp³-hybridized carbons (Fsp3) is 0.278. The summed E-state index contributed by atoms with van der Waals surface area (Å²) in [5, 5.41) is 2.45. The molecule has 25 heavy (non-hydrogen) atoms. The molecule has 2 rings (SSSR count). The van der Waals surface area contributed by atoms with Gasteiger partial charge in [-0.3, -0.25) is 4.79 Å². The van der Waals surface area contributed by atoms with Gasteiger partial charge in [0, 0.05) is 17.9 Å². The number of hydrogen-bond acceptors (Lipinski definition) is 3. The van der Waals surface area contributed by atoms with Crippen LogP contribution in [-0.2, 0) is 10.9 Å². The first-order chi connectivity index (χ1) is 11.9. The quantitative estimate of drug-likeness (QED) is 0.752. The Hall–Kier alpha value is -2.54. The number of carbonyl (C=O) groups excluding carboxylic acids is 1. The van der Waals surface area contributed by atoms with Gasteiger partial charge in [0.2, 0.25) is 0 Å². The van der Waals surface area contributed by atoms with E-state index >= 15 is 0 Å². The smallest absolute Gasteiger partial charge is 0.416 e. The van der Waals surface area contributed by atoms with Gasteiger partial charge < -0.3 is 14.8 Å². The van der Waals surface area contributed by atoms with Crippen molar-refractivity contribution in [3.63, 3.8) is 0 Å². The Labute approximate surface area is 143 Å². The van der Waals surface area contributed by atoms with Crippen molar-refractivity contribution in [2.24, 2.45) is 0 Å². The van der Waals surface area contributed by atoms with E-state index < -0.39 is 17.6 Å². The lowest BCUT2D eigenvalue weighted by molar-refractivity contribution is -0.137. The molecule has 1 amide bonds.